The van der Waals surface area contributed by atoms with Gasteiger partial charge in [-0.2, -0.15) is 17.6 Å². The van der Waals surface area contributed by atoms with Gasteiger partial charge in [-0.15, -0.1) is 8.78 Å². The zero-order chi connectivity index (χ0) is 39.8. The molecule has 0 N–H and O–H groups in total. The van der Waals surface area contributed by atoms with E-state index in [9.17, 15) is 35.9 Å². The zero-order valence-corrected chi connectivity index (χ0v) is 31.5. The summed E-state index contributed by atoms with van der Waals surface area (Å²) in [5.74, 6) is -1.02. The highest BCUT2D eigenvalue weighted by Crippen LogP contribution is 2.39. The summed E-state index contributed by atoms with van der Waals surface area (Å²) in [4.78, 5) is 25.6. The molecule has 1 unspecified atom stereocenters. The summed E-state index contributed by atoms with van der Waals surface area (Å²) in [6, 6.07) is 11.3. The number of methoxy groups -OCH3 is 1. The molecule has 14 heteroatoms. The van der Waals surface area contributed by atoms with Gasteiger partial charge in [-0.25, -0.2) is 14.3 Å². The summed E-state index contributed by atoms with van der Waals surface area (Å²) in [6.45, 7) is 11.2. The van der Waals surface area contributed by atoms with Gasteiger partial charge in [-0.05, 0) is 59.9 Å². The molecule has 3 aromatic rings. The molecule has 296 valence electrons. The van der Waals surface area contributed by atoms with Crippen molar-refractivity contribution in [3.63, 3.8) is 0 Å². The van der Waals surface area contributed by atoms with E-state index in [0.717, 1.165) is 31.2 Å². The first-order chi connectivity index (χ1) is 24.4. The summed E-state index contributed by atoms with van der Waals surface area (Å²) >= 11 is 0. The lowest BCUT2D eigenvalue weighted by atomic mass is 9.72. The highest BCUT2D eigenvalue weighted by Gasteiger charge is 2.52. The van der Waals surface area contributed by atoms with E-state index in [4.69, 9.17) is 18.6 Å². The molecule has 1 aromatic heterocycles. The number of hydrogen-bond donors (Lipinski definition) is 0. The zero-order valence-electron chi connectivity index (χ0n) is 31.5. The van der Waals surface area contributed by atoms with Crippen LogP contribution in [0.3, 0.4) is 0 Å². The van der Waals surface area contributed by atoms with Crippen LogP contribution in [0.25, 0.3) is 22.1 Å². The summed E-state index contributed by atoms with van der Waals surface area (Å²) in [5.41, 5.74) is 0.306. The van der Waals surface area contributed by atoms with Crippen molar-refractivity contribution in [2.45, 2.75) is 112 Å². The first kappa shape index (κ1) is 43.6. The van der Waals surface area contributed by atoms with Crippen molar-refractivity contribution in [2.24, 2.45) is 16.7 Å². The smallest absolute Gasteiger partial charge is 0.494 e. The number of benzene rings is 2. The third-order valence-electron chi connectivity index (χ3n) is 8.31. The van der Waals surface area contributed by atoms with Gasteiger partial charge < -0.3 is 18.6 Å². The summed E-state index contributed by atoms with van der Waals surface area (Å²) in [5, 5.41) is 0.473. The van der Waals surface area contributed by atoms with Gasteiger partial charge in [0.1, 0.15) is 17.1 Å². The Balaban J connectivity index is 1.57. The molecule has 0 bridgehead atoms. The molecule has 0 aliphatic carbocycles. The quantitative estimate of drug-likeness (QED) is 0.0392. The van der Waals surface area contributed by atoms with Gasteiger partial charge >= 0.3 is 30.1 Å². The molecule has 1 atom stereocenters. The molecule has 0 aliphatic rings. The summed E-state index contributed by atoms with van der Waals surface area (Å²) in [7, 11) is 1.50. The summed E-state index contributed by atoms with van der Waals surface area (Å²) < 4.78 is 113. The first-order valence-corrected chi connectivity index (χ1v) is 17.5. The molecule has 3 rings (SSSR count). The standard InChI is InChI=1S/C39H50F6O8/c1-9-10-11-12-25-13-16-28(32(21-25)48-8)29-22-26-14-15-27(23-31(26)51-33(29)46)49-19-17-37(40,41)52-39(44,45)53-38(42,43)18-20-50-34(47)30(36(5,6)7)24-35(2,3)4/h13-16,21-23,30H,9-12,17-20,24H2,1-8H3. The lowest BCUT2D eigenvalue weighted by Crippen LogP contribution is -2.41. The molecule has 0 amide bonds. The van der Waals surface area contributed by atoms with Gasteiger partial charge in [-0.1, -0.05) is 73.4 Å². The molecule has 0 radical (unpaired) electrons. The summed E-state index contributed by atoms with van der Waals surface area (Å²) in [6.07, 6.45) is -13.4. The van der Waals surface area contributed by atoms with Crippen LogP contribution in [-0.4, -0.2) is 44.8 Å². The third-order valence-corrected chi connectivity index (χ3v) is 8.31. The lowest BCUT2D eigenvalue weighted by molar-refractivity contribution is -0.514. The van der Waals surface area contributed by atoms with Crippen LogP contribution in [0.1, 0.15) is 92.6 Å². The van der Waals surface area contributed by atoms with Crippen molar-refractivity contribution in [1.29, 1.82) is 0 Å². The molecule has 1 heterocycles. The first-order valence-electron chi connectivity index (χ1n) is 17.5. The number of unbranched alkanes of at least 4 members (excludes halogenated alkanes) is 2. The molecular weight excluding hydrogens is 710 g/mol. The number of fused-ring (bicyclic) bond motifs is 1. The normalized spacial score (nSPS) is 13.6. The van der Waals surface area contributed by atoms with E-state index < -0.39 is 67.5 Å². The fraction of sp³-hybridized carbons (Fsp3) is 0.590. The predicted octanol–water partition coefficient (Wildman–Crippen LogP) is 10.8. The van der Waals surface area contributed by atoms with E-state index in [-0.39, 0.29) is 22.3 Å². The van der Waals surface area contributed by atoms with E-state index in [1.165, 1.54) is 25.3 Å². The Bertz CT molecular complexity index is 1730. The van der Waals surface area contributed by atoms with Gasteiger partial charge in [0.2, 0.25) is 0 Å². The molecule has 8 nitrogen and oxygen atoms in total. The van der Waals surface area contributed by atoms with Crippen LogP contribution >= 0.6 is 0 Å². The second-order valence-corrected chi connectivity index (χ2v) is 15.3. The molecule has 0 aliphatic heterocycles. The van der Waals surface area contributed by atoms with Crippen LogP contribution in [0, 0.1) is 16.7 Å². The van der Waals surface area contributed by atoms with E-state index in [1.54, 1.807) is 32.9 Å². The van der Waals surface area contributed by atoms with Crippen LogP contribution in [-0.2, 0) is 25.4 Å². The molecule has 53 heavy (non-hydrogen) atoms. The average molecular weight is 761 g/mol. The fourth-order valence-electron chi connectivity index (χ4n) is 5.55. The number of alkyl halides is 6. The maximum absolute atomic E-state index is 14.3. The van der Waals surface area contributed by atoms with Crippen molar-refractivity contribution in [3.8, 4) is 22.6 Å². The number of halogens is 6. The van der Waals surface area contributed by atoms with Crippen LogP contribution in [0.5, 0.6) is 11.5 Å². The Morgan fingerprint density at radius 2 is 1.45 bits per heavy atom. The van der Waals surface area contributed by atoms with Crippen molar-refractivity contribution in [3.05, 3.63) is 58.4 Å². The van der Waals surface area contributed by atoms with E-state index in [2.05, 4.69) is 16.4 Å². The minimum Gasteiger partial charge on any atom is -0.496 e. The molecule has 0 spiro atoms. The van der Waals surface area contributed by atoms with Gasteiger partial charge in [-0.3, -0.25) is 4.79 Å². The van der Waals surface area contributed by atoms with Crippen molar-refractivity contribution >= 4 is 16.9 Å². The maximum atomic E-state index is 14.3. The van der Waals surface area contributed by atoms with Gasteiger partial charge in [0.15, 0.2) is 0 Å². The minimum atomic E-state index is -5.42. The van der Waals surface area contributed by atoms with Gasteiger partial charge in [0, 0.05) is 17.0 Å². The third kappa shape index (κ3) is 13.9. The highest BCUT2D eigenvalue weighted by molar-refractivity contribution is 5.84. The minimum absolute atomic E-state index is 0.0431. The Morgan fingerprint density at radius 3 is 2.04 bits per heavy atom. The average Bonchev–Trinajstić information content (AvgIpc) is 3.01. The molecule has 0 fully saturated rings. The van der Waals surface area contributed by atoms with E-state index in [1.807, 2.05) is 32.9 Å². The van der Waals surface area contributed by atoms with E-state index >= 15 is 0 Å². The van der Waals surface area contributed by atoms with Crippen LogP contribution in [0.2, 0.25) is 0 Å². The van der Waals surface area contributed by atoms with Crippen molar-refractivity contribution in [1.82, 2.24) is 0 Å². The number of hydrogen-bond acceptors (Lipinski definition) is 8. The Hall–Kier alpha value is -3.78. The lowest BCUT2D eigenvalue weighted by Gasteiger charge is -2.34. The Labute approximate surface area is 306 Å². The Morgan fingerprint density at radius 1 is 0.811 bits per heavy atom. The van der Waals surface area contributed by atoms with Crippen LogP contribution in [0.4, 0.5) is 26.3 Å². The monoisotopic (exact) mass is 760 g/mol. The van der Waals surface area contributed by atoms with Crippen LogP contribution in [0.15, 0.2) is 51.7 Å². The number of carbonyl (C=O) groups excluding carboxylic acids is 1. The van der Waals surface area contributed by atoms with Gasteiger partial charge in [0.25, 0.3) is 0 Å². The molecule has 0 saturated carbocycles. The number of carbonyl (C=O) groups is 1. The fourth-order valence-corrected chi connectivity index (χ4v) is 5.55. The SMILES string of the molecule is CCCCCc1ccc(-c2cc3ccc(OCCC(F)(F)OC(F)(F)OC(F)(F)CCOC(=O)C(CC(C)(C)C)C(C)(C)C)cc3oc2=O)c(OC)c1. The number of esters is 1. The molecule has 0 saturated heterocycles. The second kappa shape index (κ2) is 17.6. The maximum Gasteiger partial charge on any atom is 0.494 e. The second-order valence-electron chi connectivity index (χ2n) is 15.3. The number of ether oxygens (including phenoxy) is 5. The highest BCUT2D eigenvalue weighted by atomic mass is 19.3. The number of rotatable bonds is 19. The van der Waals surface area contributed by atoms with Gasteiger partial charge in [0.05, 0.1) is 44.6 Å². The number of aryl methyl sites for hydroxylation is 1. The van der Waals surface area contributed by atoms with Crippen molar-refractivity contribution in [2.75, 3.05) is 20.3 Å². The van der Waals surface area contributed by atoms with E-state index in [0.29, 0.717) is 23.1 Å². The topological polar surface area (TPSA) is 93.4 Å². The van der Waals surface area contributed by atoms with Crippen molar-refractivity contribution < 1.29 is 59.2 Å². The Kier molecular flexibility index (Phi) is 14.5. The van der Waals surface area contributed by atoms with Crippen LogP contribution < -0.4 is 15.1 Å². The predicted molar refractivity (Wildman–Crippen MR) is 187 cm³/mol. The largest absolute Gasteiger partial charge is 0.496 e. The molecular formula is C39H50F6O8. The molecule has 2 aromatic carbocycles.